The van der Waals surface area contributed by atoms with Crippen LogP contribution in [0.1, 0.15) is 20.3 Å². The highest BCUT2D eigenvalue weighted by Crippen LogP contribution is 2.45. The lowest BCUT2D eigenvalue weighted by Gasteiger charge is -2.47. The van der Waals surface area contributed by atoms with E-state index in [-0.39, 0.29) is 17.3 Å². The fourth-order valence-electron chi connectivity index (χ4n) is 2.47. The Morgan fingerprint density at radius 3 is 2.82 bits per heavy atom. The highest BCUT2D eigenvalue weighted by molar-refractivity contribution is 8.01. The van der Waals surface area contributed by atoms with Crippen molar-refractivity contribution in [2.45, 2.75) is 31.1 Å². The molecule has 0 radical (unpaired) electrons. The number of ether oxygens (including phenoxy) is 2. The molecular weight excluding hydrogens is 238 g/mol. The van der Waals surface area contributed by atoms with Gasteiger partial charge in [-0.3, -0.25) is 4.79 Å². The van der Waals surface area contributed by atoms with Crippen molar-refractivity contribution in [1.82, 2.24) is 4.90 Å². The maximum Gasteiger partial charge on any atom is 0.248 e. The molecule has 0 saturated carbocycles. The topological polar surface area (TPSA) is 38.8 Å². The average Bonchev–Trinajstić information content (AvgIpc) is 2.68. The number of likely N-dealkylation sites (tertiary alicyclic amines) is 1. The van der Waals surface area contributed by atoms with E-state index in [1.807, 2.05) is 30.5 Å². The molecule has 0 bridgehead atoms. The van der Waals surface area contributed by atoms with Gasteiger partial charge in [0.2, 0.25) is 5.91 Å². The monoisotopic (exact) mass is 259 g/mol. The lowest BCUT2D eigenvalue weighted by atomic mass is 9.93. The van der Waals surface area contributed by atoms with Crippen molar-refractivity contribution in [2.24, 2.45) is 0 Å². The van der Waals surface area contributed by atoms with Crippen LogP contribution in [-0.2, 0) is 14.3 Å². The van der Waals surface area contributed by atoms with Gasteiger partial charge in [0.1, 0.15) is 6.61 Å². The zero-order valence-electron chi connectivity index (χ0n) is 10.6. The molecule has 1 atom stereocenters. The molecule has 0 aromatic rings. The first-order valence-corrected chi connectivity index (χ1v) is 7.29. The molecule has 0 aromatic heterocycles. The van der Waals surface area contributed by atoms with Gasteiger partial charge >= 0.3 is 0 Å². The first-order chi connectivity index (χ1) is 8.19. The fourth-order valence-corrected chi connectivity index (χ4v) is 4.02. The van der Waals surface area contributed by atoms with Crippen molar-refractivity contribution in [3.63, 3.8) is 0 Å². The van der Waals surface area contributed by atoms with Crippen molar-refractivity contribution in [3.8, 4) is 0 Å². The van der Waals surface area contributed by atoms with Crippen molar-refractivity contribution >= 4 is 17.7 Å². The molecule has 2 aliphatic rings. The third kappa shape index (κ3) is 2.95. The van der Waals surface area contributed by atoms with Gasteiger partial charge < -0.3 is 14.4 Å². The van der Waals surface area contributed by atoms with Gasteiger partial charge in [0.25, 0.3) is 0 Å². The molecule has 0 N–H and O–H groups in total. The zero-order valence-corrected chi connectivity index (χ0v) is 11.4. The van der Waals surface area contributed by atoms with Crippen molar-refractivity contribution in [3.05, 3.63) is 0 Å². The second-order valence-corrected chi connectivity index (χ2v) is 6.15. The predicted octanol–water partition coefficient (Wildman–Crippen LogP) is 1.15. The summed E-state index contributed by atoms with van der Waals surface area (Å²) in [7, 11) is 0. The van der Waals surface area contributed by atoms with Crippen molar-refractivity contribution < 1.29 is 14.3 Å². The average molecular weight is 259 g/mol. The van der Waals surface area contributed by atoms with E-state index in [2.05, 4.69) is 0 Å². The zero-order chi connectivity index (χ0) is 12.3. The van der Waals surface area contributed by atoms with E-state index in [0.717, 1.165) is 31.9 Å². The number of carbonyl (C=O) groups is 1. The lowest BCUT2D eigenvalue weighted by Crippen LogP contribution is -2.61. The summed E-state index contributed by atoms with van der Waals surface area (Å²) in [4.78, 5) is 13.6. The Kier molecular flexibility index (Phi) is 4.33. The Morgan fingerprint density at radius 2 is 2.18 bits per heavy atom. The Balaban J connectivity index is 1.73. The third-order valence-electron chi connectivity index (χ3n) is 3.32. The second-order valence-electron chi connectivity index (χ2n) is 4.66. The van der Waals surface area contributed by atoms with Gasteiger partial charge in [0.05, 0.1) is 10.9 Å². The van der Waals surface area contributed by atoms with E-state index in [0.29, 0.717) is 12.7 Å². The SMILES string of the molecule is CCOCC(=O)N1CC2(C[C@@H](OCC)CS2)C1. The molecule has 17 heavy (non-hydrogen) atoms. The number of thioether (sulfide) groups is 1. The molecule has 98 valence electrons. The lowest BCUT2D eigenvalue weighted by molar-refractivity contribution is -0.141. The van der Waals surface area contributed by atoms with Crippen LogP contribution in [0.2, 0.25) is 0 Å². The Labute approximate surface area is 107 Å². The van der Waals surface area contributed by atoms with Gasteiger partial charge in [-0.05, 0) is 20.3 Å². The molecular formula is C12H21NO3S. The summed E-state index contributed by atoms with van der Waals surface area (Å²) in [5.41, 5.74) is 0. The number of hydrogen-bond acceptors (Lipinski definition) is 4. The van der Waals surface area contributed by atoms with Crippen LogP contribution in [0.4, 0.5) is 0 Å². The van der Waals surface area contributed by atoms with Crippen LogP contribution in [0.15, 0.2) is 0 Å². The first-order valence-electron chi connectivity index (χ1n) is 6.30. The molecule has 0 aliphatic carbocycles. The number of carbonyl (C=O) groups excluding carboxylic acids is 1. The van der Waals surface area contributed by atoms with E-state index in [9.17, 15) is 4.79 Å². The van der Waals surface area contributed by atoms with Gasteiger partial charge in [-0.15, -0.1) is 11.8 Å². The molecule has 0 aromatic carbocycles. The second kappa shape index (κ2) is 5.59. The van der Waals surface area contributed by atoms with E-state index in [1.54, 1.807) is 0 Å². The molecule has 2 rings (SSSR count). The fraction of sp³-hybridized carbons (Fsp3) is 0.917. The summed E-state index contributed by atoms with van der Waals surface area (Å²) >= 11 is 1.96. The van der Waals surface area contributed by atoms with Crippen LogP contribution in [0.3, 0.4) is 0 Å². The van der Waals surface area contributed by atoms with E-state index >= 15 is 0 Å². The summed E-state index contributed by atoms with van der Waals surface area (Å²) in [6.07, 6.45) is 1.47. The Bertz CT molecular complexity index is 279. The number of amides is 1. The number of nitrogens with zero attached hydrogens (tertiary/aromatic N) is 1. The van der Waals surface area contributed by atoms with Crippen LogP contribution in [0.25, 0.3) is 0 Å². The third-order valence-corrected chi connectivity index (χ3v) is 4.89. The van der Waals surface area contributed by atoms with Gasteiger partial charge in [0.15, 0.2) is 0 Å². The minimum Gasteiger partial charge on any atom is -0.378 e. The maximum absolute atomic E-state index is 11.7. The maximum atomic E-state index is 11.7. The van der Waals surface area contributed by atoms with E-state index in [1.165, 1.54) is 0 Å². The van der Waals surface area contributed by atoms with Crippen molar-refractivity contribution in [1.29, 1.82) is 0 Å². The van der Waals surface area contributed by atoms with Crippen LogP contribution in [0, 0.1) is 0 Å². The quantitative estimate of drug-likeness (QED) is 0.742. The minimum atomic E-state index is 0.123. The van der Waals surface area contributed by atoms with E-state index < -0.39 is 0 Å². The molecule has 1 amide bonds. The normalized spacial score (nSPS) is 26.2. The Hall–Kier alpha value is -0.260. The highest BCUT2D eigenvalue weighted by atomic mass is 32.2. The number of hydrogen-bond donors (Lipinski definition) is 0. The van der Waals surface area contributed by atoms with Gasteiger partial charge in [-0.25, -0.2) is 0 Å². The van der Waals surface area contributed by atoms with Gasteiger partial charge in [-0.2, -0.15) is 0 Å². The first kappa shape index (κ1) is 13.2. The highest BCUT2D eigenvalue weighted by Gasteiger charge is 2.50. The van der Waals surface area contributed by atoms with Crippen LogP contribution in [-0.4, -0.2) is 60.3 Å². The van der Waals surface area contributed by atoms with Gasteiger partial charge in [-0.1, -0.05) is 0 Å². The van der Waals surface area contributed by atoms with E-state index in [4.69, 9.17) is 9.47 Å². The van der Waals surface area contributed by atoms with Crippen LogP contribution < -0.4 is 0 Å². The van der Waals surface area contributed by atoms with Gasteiger partial charge in [0, 0.05) is 32.1 Å². The molecule has 5 heteroatoms. The molecule has 2 aliphatic heterocycles. The molecule has 4 nitrogen and oxygen atoms in total. The molecule has 2 heterocycles. The van der Waals surface area contributed by atoms with Crippen LogP contribution in [0.5, 0.6) is 0 Å². The number of rotatable bonds is 5. The molecule has 2 saturated heterocycles. The summed E-state index contributed by atoms with van der Waals surface area (Å²) in [5.74, 6) is 1.19. The Morgan fingerprint density at radius 1 is 1.41 bits per heavy atom. The van der Waals surface area contributed by atoms with Crippen molar-refractivity contribution in [2.75, 3.05) is 38.7 Å². The molecule has 0 unspecified atom stereocenters. The largest absolute Gasteiger partial charge is 0.378 e. The molecule has 2 fully saturated rings. The smallest absolute Gasteiger partial charge is 0.248 e. The summed E-state index contributed by atoms with van der Waals surface area (Å²) in [6.45, 7) is 7.30. The standard InChI is InChI=1S/C12H21NO3S/c1-3-15-6-11(14)13-8-12(9-13)5-10(7-17-12)16-4-2/h10H,3-9H2,1-2H3/t10-/m1/s1. The summed E-state index contributed by atoms with van der Waals surface area (Å²) in [5, 5.41) is 0. The summed E-state index contributed by atoms with van der Waals surface area (Å²) in [6, 6.07) is 0. The van der Waals surface area contributed by atoms with Crippen LogP contribution >= 0.6 is 11.8 Å². The minimum absolute atomic E-state index is 0.123. The molecule has 1 spiro atoms. The summed E-state index contributed by atoms with van der Waals surface area (Å²) < 4.78 is 11.1. The predicted molar refractivity (Wildman–Crippen MR) is 68.3 cm³/mol.